The van der Waals surface area contributed by atoms with Crippen molar-refractivity contribution in [2.45, 2.75) is 39.4 Å². The van der Waals surface area contributed by atoms with Crippen molar-refractivity contribution in [1.29, 1.82) is 0 Å². The molecule has 1 fully saturated rings. The van der Waals surface area contributed by atoms with Crippen molar-refractivity contribution in [1.82, 2.24) is 20.2 Å². The molecule has 0 aromatic carbocycles. The smallest absolute Gasteiger partial charge is 0.147 e. The summed E-state index contributed by atoms with van der Waals surface area (Å²) in [5.41, 5.74) is 1.00. The Morgan fingerprint density at radius 3 is 2.42 bits per heavy atom. The molecule has 2 unspecified atom stereocenters. The van der Waals surface area contributed by atoms with Crippen LogP contribution in [0.4, 0.5) is 5.82 Å². The van der Waals surface area contributed by atoms with Gasteiger partial charge in [0.05, 0.1) is 18.1 Å². The fourth-order valence-electron chi connectivity index (χ4n) is 2.45. The number of likely N-dealkylation sites (N-methyl/N-ethyl adjacent to an activating group) is 1. The lowest BCUT2D eigenvalue weighted by molar-refractivity contribution is 0.169. The summed E-state index contributed by atoms with van der Waals surface area (Å²) >= 11 is 0. The van der Waals surface area contributed by atoms with Gasteiger partial charge in [0, 0.05) is 31.7 Å². The maximum Gasteiger partial charge on any atom is 0.147 e. The van der Waals surface area contributed by atoms with E-state index in [0.717, 1.165) is 37.7 Å². The van der Waals surface area contributed by atoms with E-state index in [0.29, 0.717) is 12.1 Å². The summed E-state index contributed by atoms with van der Waals surface area (Å²) in [4.78, 5) is 13.8. The zero-order valence-electron chi connectivity index (χ0n) is 12.4. The maximum atomic E-state index is 4.55. The molecule has 1 aromatic heterocycles. The van der Waals surface area contributed by atoms with E-state index in [4.69, 9.17) is 0 Å². The van der Waals surface area contributed by atoms with Crippen LogP contribution in [0.2, 0.25) is 0 Å². The van der Waals surface area contributed by atoms with E-state index in [1.54, 1.807) is 0 Å². The molecular formula is C14H25N5. The zero-order valence-corrected chi connectivity index (χ0v) is 12.4. The summed E-state index contributed by atoms with van der Waals surface area (Å²) in [5.74, 6) is 0.993. The van der Waals surface area contributed by atoms with Crippen molar-refractivity contribution in [3.63, 3.8) is 0 Å². The molecule has 1 saturated heterocycles. The van der Waals surface area contributed by atoms with Gasteiger partial charge in [-0.3, -0.25) is 9.88 Å². The molecule has 1 aromatic rings. The third-order valence-corrected chi connectivity index (χ3v) is 3.93. The Bertz CT molecular complexity index is 379. The third-order valence-electron chi connectivity index (χ3n) is 3.93. The van der Waals surface area contributed by atoms with Crippen molar-refractivity contribution in [2.24, 2.45) is 0 Å². The lowest BCUT2D eigenvalue weighted by Crippen LogP contribution is -2.55. The first-order valence-electron chi connectivity index (χ1n) is 7.10. The molecule has 2 atom stereocenters. The van der Waals surface area contributed by atoms with Gasteiger partial charge in [-0.2, -0.15) is 0 Å². The average Bonchev–Trinajstić information content (AvgIpc) is 2.42. The van der Waals surface area contributed by atoms with Gasteiger partial charge >= 0.3 is 0 Å². The van der Waals surface area contributed by atoms with Crippen LogP contribution >= 0.6 is 0 Å². The molecule has 5 heteroatoms. The van der Waals surface area contributed by atoms with Crippen molar-refractivity contribution in [2.75, 3.05) is 31.6 Å². The molecule has 2 rings (SSSR count). The van der Waals surface area contributed by atoms with Crippen molar-refractivity contribution in [3.05, 3.63) is 18.1 Å². The Balaban J connectivity index is 2.02. The summed E-state index contributed by atoms with van der Waals surface area (Å²) in [7, 11) is 2.19. The second-order valence-electron chi connectivity index (χ2n) is 5.41. The summed E-state index contributed by atoms with van der Waals surface area (Å²) in [6.07, 6.45) is 3.78. The molecular weight excluding hydrogens is 238 g/mol. The minimum atomic E-state index is 0.548. The van der Waals surface area contributed by atoms with Gasteiger partial charge in [0.2, 0.25) is 0 Å². The topological polar surface area (TPSA) is 44.3 Å². The van der Waals surface area contributed by atoms with Gasteiger partial charge in [0.1, 0.15) is 5.82 Å². The Labute approximate surface area is 116 Å². The van der Waals surface area contributed by atoms with E-state index >= 15 is 0 Å². The molecule has 0 saturated carbocycles. The minimum Gasteiger partial charge on any atom is -0.352 e. The molecule has 1 N–H and O–H groups in total. The number of nitrogens with one attached hydrogen (secondary N) is 1. The van der Waals surface area contributed by atoms with Crippen LogP contribution in [-0.4, -0.2) is 53.6 Å². The first-order valence-corrected chi connectivity index (χ1v) is 7.10. The Hall–Kier alpha value is -1.20. The van der Waals surface area contributed by atoms with Crippen LogP contribution in [0.1, 0.15) is 26.5 Å². The number of nitrogens with zero attached hydrogens (tertiary/aromatic N) is 4. The summed E-state index contributed by atoms with van der Waals surface area (Å²) in [5, 5.41) is 3.26. The van der Waals surface area contributed by atoms with Gasteiger partial charge in [-0.1, -0.05) is 6.92 Å². The van der Waals surface area contributed by atoms with Crippen molar-refractivity contribution >= 4 is 5.82 Å². The normalized spacial score (nSPS) is 24.7. The van der Waals surface area contributed by atoms with Crippen LogP contribution in [-0.2, 0) is 6.54 Å². The molecule has 2 heterocycles. The number of piperazine rings is 1. The predicted octanol–water partition coefficient (Wildman–Crippen LogP) is 1.11. The molecule has 0 radical (unpaired) electrons. The first-order chi connectivity index (χ1) is 9.11. The standard InChI is InChI=1S/C14H25N5/c1-5-15-6-13-7-17-14(8-16-13)19-9-11(2)18(4)12(3)10-19/h7-8,11-12,15H,5-6,9-10H2,1-4H3. The lowest BCUT2D eigenvalue weighted by atomic mass is 10.1. The Morgan fingerprint density at radius 1 is 1.21 bits per heavy atom. The molecule has 0 bridgehead atoms. The van der Waals surface area contributed by atoms with Gasteiger partial charge in [0.25, 0.3) is 0 Å². The van der Waals surface area contributed by atoms with Gasteiger partial charge in [-0.05, 0) is 27.4 Å². The molecule has 0 spiro atoms. The van der Waals surface area contributed by atoms with Gasteiger partial charge in [-0.15, -0.1) is 0 Å². The van der Waals surface area contributed by atoms with Crippen molar-refractivity contribution < 1.29 is 0 Å². The maximum absolute atomic E-state index is 4.55. The predicted molar refractivity (Wildman–Crippen MR) is 78.3 cm³/mol. The minimum absolute atomic E-state index is 0.548. The molecule has 106 valence electrons. The monoisotopic (exact) mass is 263 g/mol. The highest BCUT2D eigenvalue weighted by Crippen LogP contribution is 2.18. The molecule has 5 nitrogen and oxygen atoms in total. The van der Waals surface area contributed by atoms with Gasteiger partial charge < -0.3 is 10.2 Å². The van der Waals surface area contributed by atoms with Gasteiger partial charge in [0.15, 0.2) is 0 Å². The van der Waals surface area contributed by atoms with Crippen LogP contribution in [0.25, 0.3) is 0 Å². The number of hydrogen-bond acceptors (Lipinski definition) is 5. The summed E-state index contributed by atoms with van der Waals surface area (Å²) in [6, 6.07) is 1.10. The lowest BCUT2D eigenvalue weighted by Gasteiger charge is -2.42. The van der Waals surface area contributed by atoms with Gasteiger partial charge in [-0.25, -0.2) is 4.98 Å². The molecule has 0 amide bonds. The zero-order chi connectivity index (χ0) is 13.8. The number of hydrogen-bond donors (Lipinski definition) is 1. The SMILES string of the molecule is CCNCc1cnc(N2CC(C)N(C)C(C)C2)cn1. The Morgan fingerprint density at radius 2 is 1.89 bits per heavy atom. The second kappa shape index (κ2) is 6.30. The largest absolute Gasteiger partial charge is 0.352 e. The van der Waals surface area contributed by atoms with Crippen LogP contribution in [0, 0.1) is 0 Å². The number of anilines is 1. The van der Waals surface area contributed by atoms with E-state index in [9.17, 15) is 0 Å². The Kier molecular flexibility index (Phi) is 4.71. The second-order valence-corrected chi connectivity index (χ2v) is 5.41. The number of aromatic nitrogens is 2. The summed E-state index contributed by atoms with van der Waals surface area (Å²) < 4.78 is 0. The van der Waals surface area contributed by atoms with E-state index in [-0.39, 0.29) is 0 Å². The highest BCUT2D eigenvalue weighted by molar-refractivity contribution is 5.37. The van der Waals surface area contributed by atoms with Crippen molar-refractivity contribution in [3.8, 4) is 0 Å². The highest BCUT2D eigenvalue weighted by atomic mass is 15.3. The first kappa shape index (κ1) is 14.2. The summed E-state index contributed by atoms with van der Waals surface area (Å²) in [6.45, 7) is 10.4. The molecule has 1 aliphatic heterocycles. The highest BCUT2D eigenvalue weighted by Gasteiger charge is 2.27. The van der Waals surface area contributed by atoms with Crippen LogP contribution in [0.3, 0.4) is 0 Å². The van der Waals surface area contributed by atoms with E-state index < -0.39 is 0 Å². The third kappa shape index (κ3) is 3.42. The van der Waals surface area contributed by atoms with E-state index in [2.05, 4.69) is 52.9 Å². The fraction of sp³-hybridized carbons (Fsp3) is 0.714. The molecule has 0 aliphatic carbocycles. The average molecular weight is 263 g/mol. The van der Waals surface area contributed by atoms with Crippen LogP contribution < -0.4 is 10.2 Å². The molecule has 1 aliphatic rings. The van der Waals surface area contributed by atoms with Crippen LogP contribution in [0.15, 0.2) is 12.4 Å². The van der Waals surface area contributed by atoms with Crippen LogP contribution in [0.5, 0.6) is 0 Å². The molecule has 19 heavy (non-hydrogen) atoms. The van der Waals surface area contributed by atoms with E-state index in [1.807, 2.05) is 12.4 Å². The number of rotatable bonds is 4. The fourth-order valence-corrected chi connectivity index (χ4v) is 2.45. The quantitative estimate of drug-likeness (QED) is 0.882. The van der Waals surface area contributed by atoms with E-state index in [1.165, 1.54) is 0 Å².